The van der Waals surface area contributed by atoms with Gasteiger partial charge in [-0.25, -0.2) is 4.99 Å². The van der Waals surface area contributed by atoms with Crippen molar-refractivity contribution >= 4 is 52.2 Å². The standard InChI is InChI=1S/C16H27N5O2S.HI/c1-19(2)14(22)13-18-16(17-6-11-23-3)21-9-7-20(8-10-21)15-5-4-12-24-15;/h4-5,12H,6-11,13H2,1-3H3,(H,17,18);1H. The van der Waals surface area contributed by atoms with E-state index >= 15 is 0 Å². The Kier molecular flexibility index (Phi) is 10.1. The number of carbonyl (C=O) groups excluding carboxylic acids is 1. The molecule has 25 heavy (non-hydrogen) atoms. The van der Waals surface area contributed by atoms with Gasteiger partial charge in [-0.2, -0.15) is 0 Å². The number of thiophene rings is 1. The van der Waals surface area contributed by atoms with Crippen LogP contribution in [0.2, 0.25) is 0 Å². The molecule has 2 heterocycles. The Morgan fingerprint density at radius 1 is 1.36 bits per heavy atom. The number of rotatable bonds is 6. The fourth-order valence-corrected chi connectivity index (χ4v) is 3.19. The second-order valence-electron chi connectivity index (χ2n) is 5.77. The van der Waals surface area contributed by atoms with Crippen LogP contribution in [0.4, 0.5) is 5.00 Å². The van der Waals surface area contributed by atoms with Crippen molar-refractivity contribution in [1.82, 2.24) is 15.1 Å². The van der Waals surface area contributed by atoms with Gasteiger partial charge >= 0.3 is 0 Å². The number of amides is 1. The maximum Gasteiger partial charge on any atom is 0.243 e. The van der Waals surface area contributed by atoms with Gasteiger partial charge in [-0.05, 0) is 17.5 Å². The van der Waals surface area contributed by atoms with Gasteiger partial charge in [-0.1, -0.05) is 0 Å². The molecule has 1 amide bonds. The van der Waals surface area contributed by atoms with E-state index in [1.165, 1.54) is 5.00 Å². The molecule has 2 rings (SSSR count). The molecule has 1 aliphatic rings. The SMILES string of the molecule is COCCNC(=NCC(=O)N(C)C)N1CCN(c2cccs2)CC1.I. The molecule has 0 bridgehead atoms. The van der Waals surface area contributed by atoms with Crippen LogP contribution in [0.1, 0.15) is 0 Å². The second kappa shape index (κ2) is 11.5. The fraction of sp³-hybridized carbons (Fsp3) is 0.625. The summed E-state index contributed by atoms with van der Waals surface area (Å²) < 4.78 is 5.09. The number of piperazine rings is 1. The molecule has 1 saturated heterocycles. The number of aliphatic imine (C=N–C) groups is 1. The van der Waals surface area contributed by atoms with Crippen LogP contribution in [0, 0.1) is 0 Å². The van der Waals surface area contributed by atoms with E-state index in [1.54, 1.807) is 37.4 Å². The first-order valence-electron chi connectivity index (χ1n) is 8.12. The number of guanidine groups is 1. The van der Waals surface area contributed by atoms with Crippen LogP contribution in [-0.2, 0) is 9.53 Å². The van der Waals surface area contributed by atoms with Gasteiger partial charge in [0.1, 0.15) is 6.54 Å². The van der Waals surface area contributed by atoms with E-state index in [0.717, 1.165) is 32.1 Å². The summed E-state index contributed by atoms with van der Waals surface area (Å²) in [5.74, 6) is 0.784. The Balaban J connectivity index is 0.00000312. The zero-order valence-electron chi connectivity index (χ0n) is 15.1. The minimum Gasteiger partial charge on any atom is -0.383 e. The number of methoxy groups -OCH3 is 1. The molecule has 1 aromatic heterocycles. The van der Waals surface area contributed by atoms with Gasteiger partial charge < -0.3 is 24.8 Å². The van der Waals surface area contributed by atoms with Crippen LogP contribution in [0.3, 0.4) is 0 Å². The smallest absolute Gasteiger partial charge is 0.243 e. The van der Waals surface area contributed by atoms with E-state index in [9.17, 15) is 4.79 Å². The zero-order valence-corrected chi connectivity index (χ0v) is 18.3. The van der Waals surface area contributed by atoms with Crippen molar-refractivity contribution in [2.45, 2.75) is 0 Å². The summed E-state index contributed by atoms with van der Waals surface area (Å²) in [7, 11) is 5.17. The molecular formula is C16H28IN5O2S. The molecule has 7 nitrogen and oxygen atoms in total. The van der Waals surface area contributed by atoms with E-state index in [-0.39, 0.29) is 36.4 Å². The lowest BCUT2D eigenvalue weighted by Crippen LogP contribution is -2.53. The summed E-state index contributed by atoms with van der Waals surface area (Å²) in [6.45, 7) is 5.11. The lowest BCUT2D eigenvalue weighted by molar-refractivity contribution is -0.127. The van der Waals surface area contributed by atoms with E-state index in [4.69, 9.17) is 4.74 Å². The van der Waals surface area contributed by atoms with Crippen molar-refractivity contribution in [3.8, 4) is 0 Å². The van der Waals surface area contributed by atoms with Crippen molar-refractivity contribution in [3.05, 3.63) is 17.5 Å². The lowest BCUT2D eigenvalue weighted by Gasteiger charge is -2.37. The highest BCUT2D eigenvalue weighted by Crippen LogP contribution is 2.22. The predicted molar refractivity (Wildman–Crippen MR) is 114 cm³/mol. The first kappa shape index (κ1) is 22.0. The third-order valence-electron chi connectivity index (χ3n) is 3.85. The van der Waals surface area contributed by atoms with Gasteiger partial charge in [0.25, 0.3) is 0 Å². The normalized spacial score (nSPS) is 14.9. The maximum atomic E-state index is 11.8. The quantitative estimate of drug-likeness (QED) is 0.286. The molecule has 1 aliphatic heterocycles. The number of hydrogen-bond acceptors (Lipinski definition) is 5. The molecule has 1 aromatic rings. The number of ether oxygens (including phenoxy) is 1. The summed E-state index contributed by atoms with van der Waals surface area (Å²) in [4.78, 5) is 22.5. The van der Waals surface area contributed by atoms with E-state index in [1.807, 2.05) is 0 Å². The summed E-state index contributed by atoms with van der Waals surface area (Å²) in [5.41, 5.74) is 0. The molecule has 0 radical (unpaired) electrons. The number of hydrogen-bond donors (Lipinski definition) is 1. The van der Waals surface area contributed by atoms with Gasteiger partial charge in [0.2, 0.25) is 5.91 Å². The second-order valence-corrected chi connectivity index (χ2v) is 6.70. The van der Waals surface area contributed by atoms with Crippen LogP contribution in [0.25, 0.3) is 0 Å². The van der Waals surface area contributed by atoms with Crippen LogP contribution in [0.5, 0.6) is 0 Å². The summed E-state index contributed by atoms with van der Waals surface area (Å²) in [6.07, 6.45) is 0. The average molecular weight is 481 g/mol. The van der Waals surface area contributed by atoms with Crippen molar-refractivity contribution in [3.63, 3.8) is 0 Å². The number of nitrogens with zero attached hydrogens (tertiary/aromatic N) is 4. The lowest BCUT2D eigenvalue weighted by atomic mass is 10.3. The molecular weight excluding hydrogens is 453 g/mol. The van der Waals surface area contributed by atoms with E-state index in [0.29, 0.717) is 13.2 Å². The zero-order chi connectivity index (χ0) is 17.4. The molecule has 0 aliphatic carbocycles. The van der Waals surface area contributed by atoms with Crippen molar-refractivity contribution < 1.29 is 9.53 Å². The Hall–Kier alpha value is -1.07. The highest BCUT2D eigenvalue weighted by Gasteiger charge is 2.20. The number of halogens is 1. The molecule has 1 N–H and O–H groups in total. The molecule has 1 fully saturated rings. The van der Waals surface area contributed by atoms with Gasteiger partial charge in [0.15, 0.2) is 5.96 Å². The number of nitrogens with one attached hydrogen (secondary N) is 1. The molecule has 142 valence electrons. The summed E-state index contributed by atoms with van der Waals surface area (Å²) >= 11 is 1.77. The Morgan fingerprint density at radius 2 is 2.08 bits per heavy atom. The topological polar surface area (TPSA) is 60.4 Å². The third kappa shape index (κ3) is 6.98. The Morgan fingerprint density at radius 3 is 2.64 bits per heavy atom. The van der Waals surface area contributed by atoms with Crippen molar-refractivity contribution in [2.75, 3.05) is 72.0 Å². The summed E-state index contributed by atoms with van der Waals surface area (Å²) in [5, 5.41) is 6.71. The van der Waals surface area contributed by atoms with Gasteiger partial charge in [0, 0.05) is 53.9 Å². The van der Waals surface area contributed by atoms with Gasteiger partial charge in [0.05, 0.1) is 11.6 Å². The molecule has 0 spiro atoms. The molecule has 0 saturated carbocycles. The number of carbonyl (C=O) groups is 1. The van der Waals surface area contributed by atoms with Crippen LogP contribution in [-0.4, -0.2) is 88.7 Å². The minimum atomic E-state index is -0.00161. The first-order chi connectivity index (χ1) is 11.6. The van der Waals surface area contributed by atoms with Crippen LogP contribution >= 0.6 is 35.3 Å². The fourth-order valence-electron chi connectivity index (χ4n) is 2.41. The number of anilines is 1. The molecule has 0 unspecified atom stereocenters. The van der Waals surface area contributed by atoms with Crippen LogP contribution in [0.15, 0.2) is 22.5 Å². The van der Waals surface area contributed by atoms with Crippen molar-refractivity contribution in [1.29, 1.82) is 0 Å². The van der Waals surface area contributed by atoms with E-state index in [2.05, 4.69) is 37.6 Å². The minimum absolute atomic E-state index is 0. The largest absolute Gasteiger partial charge is 0.383 e. The number of likely N-dealkylation sites (N-methyl/N-ethyl adjacent to an activating group) is 1. The van der Waals surface area contributed by atoms with Gasteiger partial charge in [-0.3, -0.25) is 4.79 Å². The highest BCUT2D eigenvalue weighted by atomic mass is 127. The highest BCUT2D eigenvalue weighted by molar-refractivity contribution is 14.0. The van der Waals surface area contributed by atoms with Gasteiger partial charge in [-0.15, -0.1) is 35.3 Å². The third-order valence-corrected chi connectivity index (χ3v) is 4.78. The van der Waals surface area contributed by atoms with Crippen LogP contribution < -0.4 is 10.2 Å². The van der Waals surface area contributed by atoms with Crippen molar-refractivity contribution in [2.24, 2.45) is 4.99 Å². The first-order valence-corrected chi connectivity index (χ1v) is 9.00. The maximum absolute atomic E-state index is 11.8. The molecule has 9 heteroatoms. The predicted octanol–water partition coefficient (Wildman–Crippen LogP) is 1.17. The monoisotopic (exact) mass is 481 g/mol. The molecule has 0 atom stereocenters. The summed E-state index contributed by atoms with van der Waals surface area (Å²) in [6, 6.07) is 4.24. The molecule has 0 aromatic carbocycles. The average Bonchev–Trinajstić information content (AvgIpc) is 3.12. The Bertz CT molecular complexity index is 531. The van der Waals surface area contributed by atoms with E-state index < -0.39 is 0 Å². The Labute approximate surface area is 171 Å².